The molecule has 15 heavy (non-hydrogen) atoms. The van der Waals surface area contributed by atoms with Crippen LogP contribution in [0.3, 0.4) is 0 Å². The van der Waals surface area contributed by atoms with Crippen molar-refractivity contribution in [3.05, 3.63) is 33.5 Å². The van der Waals surface area contributed by atoms with Crippen LogP contribution in [-0.4, -0.2) is 19.8 Å². The van der Waals surface area contributed by atoms with Crippen LogP contribution >= 0.6 is 11.6 Å². The summed E-state index contributed by atoms with van der Waals surface area (Å²) in [6.07, 6.45) is 0. The Balaban J connectivity index is 2.73. The highest BCUT2D eigenvalue weighted by Crippen LogP contribution is 2.26. The number of halogens is 1. The Bertz CT molecular complexity index is 537. The highest BCUT2D eigenvalue weighted by molar-refractivity contribution is 6.34. The van der Waals surface area contributed by atoms with Gasteiger partial charge in [-0.2, -0.15) is 5.10 Å². The van der Waals surface area contributed by atoms with Gasteiger partial charge in [-0.1, -0.05) is 11.6 Å². The molecule has 0 aliphatic heterocycles. The van der Waals surface area contributed by atoms with E-state index in [1.54, 1.807) is 0 Å². The van der Waals surface area contributed by atoms with E-state index in [9.17, 15) is 10.1 Å². The first-order valence-corrected chi connectivity index (χ1v) is 4.42. The SMILES string of the molecule is O=[N+]([O-])c1ccc2c(Cl)nn(CO)c2c1. The highest BCUT2D eigenvalue weighted by atomic mass is 35.5. The molecule has 6 nitrogen and oxygen atoms in total. The molecule has 0 bridgehead atoms. The minimum absolute atomic E-state index is 0.0613. The van der Waals surface area contributed by atoms with Gasteiger partial charge in [0.15, 0.2) is 5.15 Å². The number of benzene rings is 1. The predicted molar refractivity (Wildman–Crippen MR) is 53.6 cm³/mol. The molecule has 78 valence electrons. The van der Waals surface area contributed by atoms with E-state index in [1.165, 1.54) is 22.9 Å². The number of nitrogens with zero attached hydrogens (tertiary/aromatic N) is 3. The van der Waals surface area contributed by atoms with Gasteiger partial charge in [0.05, 0.1) is 10.4 Å². The molecule has 0 atom stereocenters. The lowest BCUT2D eigenvalue weighted by atomic mass is 10.2. The quantitative estimate of drug-likeness (QED) is 0.623. The molecular formula is C8H6ClN3O3. The number of aliphatic hydroxyl groups excluding tert-OH is 1. The summed E-state index contributed by atoms with van der Waals surface area (Å²) < 4.78 is 1.20. The molecule has 1 heterocycles. The molecule has 1 aromatic carbocycles. The average Bonchev–Trinajstić information content (AvgIpc) is 2.55. The molecule has 0 unspecified atom stereocenters. The van der Waals surface area contributed by atoms with Gasteiger partial charge in [-0.15, -0.1) is 0 Å². The maximum absolute atomic E-state index is 10.5. The summed E-state index contributed by atoms with van der Waals surface area (Å²) in [5.41, 5.74) is 0.380. The number of nitro benzene ring substituents is 1. The Morgan fingerprint density at radius 1 is 1.60 bits per heavy atom. The minimum Gasteiger partial charge on any atom is -0.374 e. The van der Waals surface area contributed by atoms with Gasteiger partial charge in [0.25, 0.3) is 5.69 Å². The number of aromatic nitrogens is 2. The molecular weight excluding hydrogens is 222 g/mol. The lowest BCUT2D eigenvalue weighted by molar-refractivity contribution is -0.384. The van der Waals surface area contributed by atoms with Crippen LogP contribution < -0.4 is 0 Å². The first kappa shape index (κ1) is 9.88. The fourth-order valence-electron chi connectivity index (χ4n) is 1.34. The lowest BCUT2D eigenvalue weighted by Crippen LogP contribution is -1.98. The maximum atomic E-state index is 10.5. The molecule has 0 aliphatic carbocycles. The summed E-state index contributed by atoms with van der Waals surface area (Å²) >= 11 is 5.78. The van der Waals surface area contributed by atoms with Crippen molar-refractivity contribution in [2.24, 2.45) is 0 Å². The topological polar surface area (TPSA) is 81.2 Å². The Kier molecular flexibility index (Phi) is 2.29. The molecule has 0 spiro atoms. The van der Waals surface area contributed by atoms with Crippen molar-refractivity contribution in [3.63, 3.8) is 0 Å². The Morgan fingerprint density at radius 3 is 2.93 bits per heavy atom. The standard InChI is InChI=1S/C8H6ClN3O3/c9-8-6-2-1-5(12(14)15)3-7(6)11(4-13)10-8/h1-3,13H,4H2. The van der Waals surface area contributed by atoms with E-state index in [0.717, 1.165) is 0 Å². The molecule has 7 heteroatoms. The fraction of sp³-hybridized carbons (Fsp3) is 0.125. The van der Waals surface area contributed by atoms with Crippen molar-refractivity contribution in [2.75, 3.05) is 0 Å². The summed E-state index contributed by atoms with van der Waals surface area (Å²) in [5.74, 6) is 0. The molecule has 0 saturated heterocycles. The third kappa shape index (κ3) is 1.53. The number of hydrogen-bond donors (Lipinski definition) is 1. The van der Waals surface area contributed by atoms with Gasteiger partial charge in [-0.05, 0) is 6.07 Å². The molecule has 0 aliphatic rings. The number of aliphatic hydroxyl groups is 1. The van der Waals surface area contributed by atoms with Crippen LogP contribution in [0.2, 0.25) is 5.15 Å². The largest absolute Gasteiger partial charge is 0.374 e. The maximum Gasteiger partial charge on any atom is 0.271 e. The second-order valence-corrected chi connectivity index (χ2v) is 3.25. The first-order chi connectivity index (χ1) is 7.13. The molecule has 0 fully saturated rings. The normalized spacial score (nSPS) is 10.8. The Hall–Kier alpha value is -1.66. The molecule has 2 rings (SSSR count). The summed E-state index contributed by atoms with van der Waals surface area (Å²) in [5, 5.41) is 24.1. The van der Waals surface area contributed by atoms with Crippen molar-refractivity contribution in [1.82, 2.24) is 9.78 Å². The number of rotatable bonds is 2. The van der Waals surface area contributed by atoms with E-state index >= 15 is 0 Å². The highest BCUT2D eigenvalue weighted by Gasteiger charge is 2.12. The molecule has 0 saturated carbocycles. The van der Waals surface area contributed by atoms with Crippen LogP contribution in [0.1, 0.15) is 0 Å². The van der Waals surface area contributed by atoms with E-state index in [2.05, 4.69) is 5.10 Å². The summed E-state index contributed by atoms with van der Waals surface area (Å²) in [6.45, 7) is -0.371. The Morgan fingerprint density at radius 2 is 2.33 bits per heavy atom. The van der Waals surface area contributed by atoms with Crippen LogP contribution in [-0.2, 0) is 6.73 Å². The van der Waals surface area contributed by atoms with Gasteiger partial charge in [-0.3, -0.25) is 10.1 Å². The Labute approximate surface area is 88.8 Å². The predicted octanol–water partition coefficient (Wildman–Crippen LogP) is 1.55. The third-order valence-corrected chi connectivity index (χ3v) is 2.31. The van der Waals surface area contributed by atoms with Crippen molar-refractivity contribution in [2.45, 2.75) is 6.73 Å². The van der Waals surface area contributed by atoms with E-state index in [-0.39, 0.29) is 17.6 Å². The second kappa shape index (κ2) is 3.48. The fourth-order valence-corrected chi connectivity index (χ4v) is 1.59. The van der Waals surface area contributed by atoms with Crippen LogP contribution in [0.15, 0.2) is 18.2 Å². The summed E-state index contributed by atoms with van der Waals surface area (Å²) in [4.78, 5) is 10.0. The third-order valence-electron chi connectivity index (χ3n) is 2.03. The van der Waals surface area contributed by atoms with E-state index in [4.69, 9.17) is 16.7 Å². The smallest absolute Gasteiger partial charge is 0.271 e. The van der Waals surface area contributed by atoms with Gasteiger partial charge >= 0.3 is 0 Å². The van der Waals surface area contributed by atoms with E-state index in [0.29, 0.717) is 10.9 Å². The van der Waals surface area contributed by atoms with E-state index in [1.807, 2.05) is 0 Å². The van der Waals surface area contributed by atoms with E-state index < -0.39 is 4.92 Å². The average molecular weight is 228 g/mol. The molecule has 1 N–H and O–H groups in total. The number of nitro groups is 1. The van der Waals surface area contributed by atoms with Gasteiger partial charge in [0.2, 0.25) is 0 Å². The number of hydrogen-bond acceptors (Lipinski definition) is 4. The van der Waals surface area contributed by atoms with Gasteiger partial charge < -0.3 is 5.11 Å². The zero-order chi connectivity index (χ0) is 11.0. The zero-order valence-electron chi connectivity index (χ0n) is 7.42. The van der Waals surface area contributed by atoms with Crippen molar-refractivity contribution < 1.29 is 10.0 Å². The van der Waals surface area contributed by atoms with Crippen molar-refractivity contribution in [1.29, 1.82) is 0 Å². The second-order valence-electron chi connectivity index (χ2n) is 2.89. The van der Waals surface area contributed by atoms with Gasteiger partial charge in [0, 0.05) is 17.5 Å². The number of non-ortho nitro benzene ring substituents is 1. The van der Waals surface area contributed by atoms with Crippen LogP contribution in [0.5, 0.6) is 0 Å². The lowest BCUT2D eigenvalue weighted by Gasteiger charge is -1.96. The number of fused-ring (bicyclic) bond motifs is 1. The minimum atomic E-state index is -0.512. The van der Waals surface area contributed by atoms with Gasteiger partial charge in [0.1, 0.15) is 6.73 Å². The first-order valence-electron chi connectivity index (χ1n) is 4.05. The summed E-state index contributed by atoms with van der Waals surface area (Å²) in [7, 11) is 0. The van der Waals surface area contributed by atoms with Crippen molar-refractivity contribution >= 4 is 28.2 Å². The van der Waals surface area contributed by atoms with Crippen LogP contribution in [0.4, 0.5) is 5.69 Å². The zero-order valence-corrected chi connectivity index (χ0v) is 8.18. The molecule has 0 amide bonds. The van der Waals surface area contributed by atoms with Crippen LogP contribution in [0, 0.1) is 10.1 Å². The van der Waals surface area contributed by atoms with Crippen LogP contribution in [0.25, 0.3) is 10.9 Å². The molecule has 0 radical (unpaired) electrons. The van der Waals surface area contributed by atoms with Crippen molar-refractivity contribution in [3.8, 4) is 0 Å². The monoisotopic (exact) mass is 227 g/mol. The molecule has 1 aromatic heterocycles. The van der Waals surface area contributed by atoms with Gasteiger partial charge in [-0.25, -0.2) is 4.68 Å². The summed E-state index contributed by atoms with van der Waals surface area (Å²) in [6, 6.07) is 4.18. The molecule has 2 aromatic rings.